The normalized spacial score (nSPS) is 27.1. The molecule has 2 heterocycles. The summed E-state index contributed by atoms with van der Waals surface area (Å²) in [6.45, 7) is 7.24. The fourth-order valence-corrected chi connectivity index (χ4v) is 5.87. The van der Waals surface area contributed by atoms with Crippen LogP contribution in [0.5, 0.6) is 5.75 Å². The summed E-state index contributed by atoms with van der Waals surface area (Å²) in [5.74, 6) is -0.690. The predicted octanol–water partition coefficient (Wildman–Crippen LogP) is 1.81. The molecule has 2 unspecified atom stereocenters. The van der Waals surface area contributed by atoms with E-state index in [0.29, 0.717) is 44.9 Å². The number of imide groups is 1. The van der Waals surface area contributed by atoms with Crippen molar-refractivity contribution in [1.29, 1.82) is 0 Å². The number of aromatic hydroxyl groups is 1. The van der Waals surface area contributed by atoms with Crippen molar-refractivity contribution >= 4 is 23.8 Å². The van der Waals surface area contributed by atoms with Gasteiger partial charge in [0.15, 0.2) is 0 Å². The second-order valence-corrected chi connectivity index (χ2v) is 10.4. The number of para-hydroxylation sites is 1. The summed E-state index contributed by atoms with van der Waals surface area (Å²) in [5, 5.41) is 12.8. The zero-order valence-corrected chi connectivity index (χ0v) is 19.5. The molecule has 0 bridgehead atoms. The van der Waals surface area contributed by atoms with Gasteiger partial charge in [0.25, 0.3) is 11.8 Å². The summed E-state index contributed by atoms with van der Waals surface area (Å²) >= 11 is 0. The molecule has 9 nitrogen and oxygen atoms in total. The Morgan fingerprint density at radius 3 is 2.33 bits per heavy atom. The van der Waals surface area contributed by atoms with Crippen molar-refractivity contribution in [2.75, 3.05) is 32.7 Å². The van der Waals surface area contributed by atoms with E-state index in [1.807, 2.05) is 0 Å². The van der Waals surface area contributed by atoms with Gasteiger partial charge < -0.3 is 20.2 Å². The van der Waals surface area contributed by atoms with E-state index >= 15 is 0 Å². The van der Waals surface area contributed by atoms with Gasteiger partial charge in [0, 0.05) is 26.2 Å². The molecule has 0 aromatic heterocycles. The maximum absolute atomic E-state index is 13.3. The van der Waals surface area contributed by atoms with E-state index in [9.17, 15) is 24.3 Å². The number of amides is 5. The highest BCUT2D eigenvalue weighted by Crippen LogP contribution is 2.46. The van der Waals surface area contributed by atoms with E-state index in [-0.39, 0.29) is 41.0 Å². The van der Waals surface area contributed by atoms with Crippen LogP contribution in [0.15, 0.2) is 24.3 Å². The van der Waals surface area contributed by atoms with Crippen LogP contribution in [-0.4, -0.2) is 81.8 Å². The quantitative estimate of drug-likeness (QED) is 0.674. The summed E-state index contributed by atoms with van der Waals surface area (Å²) in [6, 6.07) is 5.86. The van der Waals surface area contributed by atoms with Crippen LogP contribution in [0.3, 0.4) is 0 Å². The highest BCUT2D eigenvalue weighted by molar-refractivity contribution is 6.09. The number of nitrogens with zero attached hydrogens (tertiary/aromatic N) is 3. The molecule has 178 valence electrons. The largest absolute Gasteiger partial charge is 0.507 e. The second kappa shape index (κ2) is 8.35. The highest BCUT2D eigenvalue weighted by atomic mass is 16.3. The topological polar surface area (TPSA) is 110 Å². The van der Waals surface area contributed by atoms with Crippen LogP contribution in [0, 0.1) is 11.3 Å². The zero-order valence-electron chi connectivity index (χ0n) is 19.5. The van der Waals surface area contributed by atoms with Gasteiger partial charge in [-0.1, -0.05) is 32.9 Å². The number of benzene rings is 1. The molecular formula is C24H32N4O5. The third kappa shape index (κ3) is 4.41. The summed E-state index contributed by atoms with van der Waals surface area (Å²) in [5.41, 5.74) is -0.774. The van der Waals surface area contributed by atoms with Crippen molar-refractivity contribution in [1.82, 2.24) is 20.0 Å². The first-order valence-electron chi connectivity index (χ1n) is 11.5. The molecule has 1 spiro atoms. The predicted molar refractivity (Wildman–Crippen MR) is 120 cm³/mol. The molecule has 9 heteroatoms. The lowest BCUT2D eigenvalue weighted by molar-refractivity contribution is -0.141. The van der Waals surface area contributed by atoms with Crippen LogP contribution in [0.1, 0.15) is 50.4 Å². The van der Waals surface area contributed by atoms with Crippen molar-refractivity contribution in [2.24, 2.45) is 11.3 Å². The van der Waals surface area contributed by atoms with Crippen LogP contribution in [0.2, 0.25) is 0 Å². The molecule has 2 aliphatic heterocycles. The molecule has 0 radical (unpaired) electrons. The molecule has 1 aromatic carbocycles. The van der Waals surface area contributed by atoms with Gasteiger partial charge in [-0.3, -0.25) is 19.3 Å². The Bertz CT molecular complexity index is 985. The monoisotopic (exact) mass is 456 g/mol. The van der Waals surface area contributed by atoms with Gasteiger partial charge in [0.1, 0.15) is 17.8 Å². The molecule has 4 rings (SSSR count). The first-order chi connectivity index (χ1) is 15.5. The SMILES string of the molecule is CC1CC(C)(C)CC2(C1)NC(=O)N(CC(=O)N1CCN(C(=O)c3ccccc3O)CC1)C2=O. The molecule has 5 amide bonds. The van der Waals surface area contributed by atoms with Crippen molar-refractivity contribution in [2.45, 2.75) is 45.6 Å². The second-order valence-electron chi connectivity index (χ2n) is 10.4. The average molecular weight is 457 g/mol. The fraction of sp³-hybridized carbons (Fsp3) is 0.583. The average Bonchev–Trinajstić information content (AvgIpc) is 2.95. The van der Waals surface area contributed by atoms with Crippen LogP contribution >= 0.6 is 0 Å². The van der Waals surface area contributed by atoms with Gasteiger partial charge in [-0.2, -0.15) is 0 Å². The van der Waals surface area contributed by atoms with Crippen molar-refractivity contribution in [3.63, 3.8) is 0 Å². The number of nitrogens with one attached hydrogen (secondary N) is 1. The number of carbonyl (C=O) groups is 4. The number of phenols is 1. The van der Waals surface area contributed by atoms with Crippen LogP contribution in [-0.2, 0) is 9.59 Å². The molecule has 2 saturated heterocycles. The molecule has 3 aliphatic rings. The lowest BCUT2D eigenvalue weighted by atomic mass is 9.64. The van der Waals surface area contributed by atoms with Crippen molar-refractivity contribution < 1.29 is 24.3 Å². The maximum Gasteiger partial charge on any atom is 0.325 e. The first kappa shape index (κ1) is 23.1. The molecule has 3 fully saturated rings. The number of carbonyl (C=O) groups excluding carboxylic acids is 4. The molecule has 2 N–H and O–H groups in total. The summed E-state index contributed by atoms with van der Waals surface area (Å²) in [4.78, 5) is 55.7. The van der Waals surface area contributed by atoms with E-state index in [4.69, 9.17) is 0 Å². The number of hydrogen-bond acceptors (Lipinski definition) is 5. The Kier molecular flexibility index (Phi) is 5.84. The van der Waals surface area contributed by atoms with E-state index < -0.39 is 11.6 Å². The smallest absolute Gasteiger partial charge is 0.325 e. The Labute approximate surface area is 193 Å². The Morgan fingerprint density at radius 1 is 1.06 bits per heavy atom. The van der Waals surface area contributed by atoms with Gasteiger partial charge in [0.05, 0.1) is 5.56 Å². The fourth-order valence-electron chi connectivity index (χ4n) is 5.87. The van der Waals surface area contributed by atoms with Crippen molar-refractivity contribution in [3.8, 4) is 5.75 Å². The van der Waals surface area contributed by atoms with Gasteiger partial charge in [-0.25, -0.2) is 4.79 Å². The molecule has 2 atom stereocenters. The number of urea groups is 1. The first-order valence-corrected chi connectivity index (χ1v) is 11.5. The Morgan fingerprint density at radius 2 is 1.70 bits per heavy atom. The van der Waals surface area contributed by atoms with E-state index in [1.165, 1.54) is 6.07 Å². The molecule has 33 heavy (non-hydrogen) atoms. The zero-order chi connectivity index (χ0) is 24.0. The van der Waals surface area contributed by atoms with Gasteiger partial charge in [-0.05, 0) is 42.7 Å². The Hall–Kier alpha value is -3.10. The third-order valence-corrected chi connectivity index (χ3v) is 6.97. The lowest BCUT2D eigenvalue weighted by Gasteiger charge is -2.43. The highest BCUT2D eigenvalue weighted by Gasteiger charge is 2.56. The molecule has 1 saturated carbocycles. The maximum atomic E-state index is 13.3. The standard InChI is InChI=1S/C24H32N4O5/c1-16-12-23(2,3)15-24(13-16)21(32)28(22(33)25-24)14-19(30)26-8-10-27(11-9-26)20(31)17-6-4-5-7-18(17)29/h4-7,16,29H,8-15H2,1-3H3,(H,25,33). The number of piperazine rings is 1. The number of rotatable bonds is 3. The lowest BCUT2D eigenvalue weighted by Crippen LogP contribution is -2.55. The molecular weight excluding hydrogens is 424 g/mol. The summed E-state index contributed by atoms with van der Waals surface area (Å²) < 4.78 is 0. The molecule has 1 aromatic rings. The van der Waals surface area contributed by atoms with Crippen LogP contribution < -0.4 is 5.32 Å². The molecule has 1 aliphatic carbocycles. The third-order valence-electron chi connectivity index (χ3n) is 6.97. The summed E-state index contributed by atoms with van der Waals surface area (Å²) in [6.07, 6.45) is 2.13. The number of hydrogen-bond donors (Lipinski definition) is 2. The minimum absolute atomic E-state index is 0.0727. The van der Waals surface area contributed by atoms with Crippen LogP contribution in [0.4, 0.5) is 4.79 Å². The van der Waals surface area contributed by atoms with Gasteiger partial charge in [0.2, 0.25) is 5.91 Å². The van der Waals surface area contributed by atoms with Gasteiger partial charge >= 0.3 is 6.03 Å². The van der Waals surface area contributed by atoms with E-state index in [0.717, 1.165) is 11.3 Å². The van der Waals surface area contributed by atoms with Gasteiger partial charge in [-0.15, -0.1) is 0 Å². The minimum Gasteiger partial charge on any atom is -0.507 e. The van der Waals surface area contributed by atoms with Crippen LogP contribution in [0.25, 0.3) is 0 Å². The number of phenolic OH excluding ortho intramolecular Hbond substituents is 1. The van der Waals surface area contributed by atoms with E-state index in [2.05, 4.69) is 26.1 Å². The minimum atomic E-state index is -0.929. The Balaban J connectivity index is 1.36. The van der Waals surface area contributed by atoms with E-state index in [1.54, 1.807) is 28.0 Å². The van der Waals surface area contributed by atoms with Crippen molar-refractivity contribution in [3.05, 3.63) is 29.8 Å². The summed E-state index contributed by atoms with van der Waals surface area (Å²) in [7, 11) is 0.